The number of carboxylic acid groups (broad SMARTS) is 1. The lowest BCUT2D eigenvalue weighted by molar-refractivity contribution is 0.0698. The summed E-state index contributed by atoms with van der Waals surface area (Å²) in [6.07, 6.45) is 10.4. The smallest absolute Gasteiger partial charge is 0.341 e. The SMILES string of the molecule is O=C(Nc1ccnn1-c1cc(F)ccc1F)c1cnn2cccnc12.O=C(O)c1cnn2cccnc12. The van der Waals surface area contributed by atoms with Crippen molar-refractivity contribution in [2.45, 2.75) is 0 Å². The van der Waals surface area contributed by atoms with Crippen molar-refractivity contribution < 1.29 is 23.5 Å². The van der Waals surface area contributed by atoms with Crippen LogP contribution in [0.25, 0.3) is 17.0 Å². The van der Waals surface area contributed by atoms with Gasteiger partial charge in [0.25, 0.3) is 5.91 Å². The lowest BCUT2D eigenvalue weighted by Crippen LogP contribution is -2.15. The minimum absolute atomic E-state index is 0.113. The van der Waals surface area contributed by atoms with Crippen LogP contribution in [-0.4, -0.2) is 56.0 Å². The summed E-state index contributed by atoms with van der Waals surface area (Å²) < 4.78 is 31.4. The molecule has 0 atom stereocenters. The summed E-state index contributed by atoms with van der Waals surface area (Å²) in [6.45, 7) is 0. The van der Waals surface area contributed by atoms with Crippen LogP contribution in [0.5, 0.6) is 0 Å². The third-order valence-electron chi connectivity index (χ3n) is 5.05. The van der Waals surface area contributed by atoms with Gasteiger partial charge in [-0.2, -0.15) is 15.3 Å². The molecule has 0 radical (unpaired) electrons. The number of aromatic nitrogens is 8. The normalized spacial score (nSPS) is 10.8. The number of anilines is 1. The van der Waals surface area contributed by atoms with E-state index in [4.69, 9.17) is 5.11 Å². The highest BCUT2D eigenvalue weighted by Crippen LogP contribution is 2.20. The highest BCUT2D eigenvalue weighted by molar-refractivity contribution is 6.07. The van der Waals surface area contributed by atoms with Crippen LogP contribution in [-0.2, 0) is 0 Å². The average Bonchev–Trinajstić information content (AvgIpc) is 3.64. The molecule has 6 aromatic rings. The zero-order chi connectivity index (χ0) is 25.9. The number of hydrogen-bond donors (Lipinski definition) is 2. The van der Waals surface area contributed by atoms with Crippen LogP contribution in [0.3, 0.4) is 0 Å². The predicted molar refractivity (Wildman–Crippen MR) is 124 cm³/mol. The lowest BCUT2D eigenvalue weighted by atomic mass is 10.3. The topological polar surface area (TPSA) is 145 Å². The van der Waals surface area contributed by atoms with Gasteiger partial charge in [0.1, 0.15) is 34.3 Å². The fraction of sp³-hybridized carbons (Fsp3) is 0. The van der Waals surface area contributed by atoms with E-state index in [9.17, 15) is 18.4 Å². The van der Waals surface area contributed by atoms with Crippen LogP contribution in [0.4, 0.5) is 14.6 Å². The van der Waals surface area contributed by atoms with Gasteiger partial charge in [0.2, 0.25) is 0 Å². The first-order valence-corrected chi connectivity index (χ1v) is 10.5. The summed E-state index contributed by atoms with van der Waals surface area (Å²) in [5.41, 5.74) is 0.995. The molecule has 0 spiro atoms. The van der Waals surface area contributed by atoms with Gasteiger partial charge in [-0.3, -0.25) is 4.79 Å². The van der Waals surface area contributed by atoms with Crippen molar-refractivity contribution in [3.05, 3.63) is 103 Å². The van der Waals surface area contributed by atoms with Crippen molar-refractivity contribution in [3.63, 3.8) is 0 Å². The summed E-state index contributed by atoms with van der Waals surface area (Å²) in [7, 11) is 0. The van der Waals surface area contributed by atoms with E-state index in [0.717, 1.165) is 22.9 Å². The van der Waals surface area contributed by atoms with Gasteiger partial charge in [-0.25, -0.2) is 37.3 Å². The molecule has 184 valence electrons. The van der Waals surface area contributed by atoms with E-state index in [1.807, 2.05) is 0 Å². The second-order valence-corrected chi connectivity index (χ2v) is 7.38. The Labute approximate surface area is 205 Å². The summed E-state index contributed by atoms with van der Waals surface area (Å²) in [5, 5.41) is 23.1. The van der Waals surface area contributed by atoms with Crippen molar-refractivity contribution in [2.24, 2.45) is 0 Å². The molecule has 2 N–H and O–H groups in total. The van der Waals surface area contributed by atoms with Crippen LogP contribution >= 0.6 is 0 Å². The Bertz CT molecular complexity index is 1760. The fourth-order valence-corrected chi connectivity index (χ4v) is 3.39. The molecule has 5 aromatic heterocycles. The first kappa shape index (κ1) is 23.2. The number of halogens is 2. The largest absolute Gasteiger partial charge is 0.477 e. The Kier molecular flexibility index (Phi) is 6.03. The van der Waals surface area contributed by atoms with Gasteiger partial charge in [-0.15, -0.1) is 0 Å². The van der Waals surface area contributed by atoms with Gasteiger partial charge >= 0.3 is 5.97 Å². The Morgan fingerprint density at radius 1 is 0.838 bits per heavy atom. The van der Waals surface area contributed by atoms with Gasteiger partial charge in [-0.1, -0.05) is 0 Å². The Balaban J connectivity index is 0.000000195. The van der Waals surface area contributed by atoms with Gasteiger partial charge < -0.3 is 10.4 Å². The van der Waals surface area contributed by atoms with E-state index in [2.05, 4.69) is 30.6 Å². The standard InChI is InChI=1S/C16H10F2N6O.C7H5N3O2/c17-10-2-3-12(18)13(8-10)24-14(4-6-20-24)22-16(25)11-9-21-23-7-1-5-19-15(11)23;11-7(12)5-4-9-10-3-1-2-8-6(5)10/h1-9H,(H,22,25);1-4H,(H,11,12). The van der Waals surface area contributed by atoms with Gasteiger partial charge in [0.05, 0.1) is 18.6 Å². The number of benzene rings is 1. The second-order valence-electron chi connectivity index (χ2n) is 7.38. The van der Waals surface area contributed by atoms with Crippen LogP contribution in [0.15, 0.2) is 79.8 Å². The Morgan fingerprint density at radius 2 is 1.49 bits per heavy atom. The summed E-state index contributed by atoms with van der Waals surface area (Å²) >= 11 is 0. The van der Waals surface area contributed by atoms with E-state index < -0.39 is 23.5 Å². The number of carbonyl (C=O) groups excluding carboxylic acids is 1. The number of amides is 1. The number of fused-ring (bicyclic) bond motifs is 2. The zero-order valence-electron chi connectivity index (χ0n) is 18.6. The van der Waals surface area contributed by atoms with E-state index >= 15 is 0 Å². The van der Waals surface area contributed by atoms with Crippen LogP contribution in [0.1, 0.15) is 20.7 Å². The summed E-state index contributed by atoms with van der Waals surface area (Å²) in [5.74, 6) is -2.60. The molecule has 0 aliphatic heterocycles. The zero-order valence-corrected chi connectivity index (χ0v) is 18.6. The molecule has 0 fully saturated rings. The summed E-state index contributed by atoms with van der Waals surface area (Å²) in [4.78, 5) is 31.1. The molecule has 14 heteroatoms. The second kappa shape index (κ2) is 9.61. The maximum atomic E-state index is 14.0. The molecule has 1 amide bonds. The number of carbonyl (C=O) groups is 2. The Hall–Kier alpha value is -5.53. The molecular formula is C23H15F2N9O3. The molecule has 0 aliphatic rings. The van der Waals surface area contributed by atoms with Crippen molar-refractivity contribution in [3.8, 4) is 5.69 Å². The molecule has 0 aliphatic carbocycles. The molecule has 6 rings (SSSR count). The van der Waals surface area contributed by atoms with E-state index in [1.165, 1.54) is 39.9 Å². The number of nitrogens with zero attached hydrogens (tertiary/aromatic N) is 8. The predicted octanol–water partition coefficient (Wildman–Crippen LogP) is 2.87. The number of aromatic carboxylic acids is 1. The minimum atomic E-state index is -1.01. The Morgan fingerprint density at radius 3 is 2.16 bits per heavy atom. The monoisotopic (exact) mass is 503 g/mol. The van der Waals surface area contributed by atoms with Gasteiger partial charge in [0, 0.05) is 36.9 Å². The van der Waals surface area contributed by atoms with E-state index in [0.29, 0.717) is 11.3 Å². The third-order valence-corrected chi connectivity index (χ3v) is 5.05. The first-order valence-electron chi connectivity index (χ1n) is 10.5. The van der Waals surface area contributed by atoms with E-state index in [-0.39, 0.29) is 22.6 Å². The van der Waals surface area contributed by atoms with Crippen molar-refractivity contribution in [1.82, 2.24) is 39.0 Å². The maximum absolute atomic E-state index is 14.0. The van der Waals surface area contributed by atoms with Gasteiger partial charge in [0.15, 0.2) is 11.3 Å². The molecule has 0 saturated heterocycles. The van der Waals surface area contributed by atoms with Crippen LogP contribution in [0, 0.1) is 11.6 Å². The molecule has 37 heavy (non-hydrogen) atoms. The summed E-state index contributed by atoms with van der Waals surface area (Å²) in [6, 6.07) is 7.84. The lowest BCUT2D eigenvalue weighted by Gasteiger charge is -2.09. The molecule has 0 saturated carbocycles. The number of nitrogens with one attached hydrogen (secondary N) is 1. The number of hydrogen-bond acceptors (Lipinski definition) is 7. The van der Waals surface area contributed by atoms with Crippen molar-refractivity contribution >= 4 is 29.0 Å². The molecule has 12 nitrogen and oxygen atoms in total. The molecule has 5 heterocycles. The third kappa shape index (κ3) is 4.58. The minimum Gasteiger partial charge on any atom is -0.477 e. The highest BCUT2D eigenvalue weighted by Gasteiger charge is 2.17. The molecule has 0 unspecified atom stereocenters. The maximum Gasteiger partial charge on any atom is 0.341 e. The highest BCUT2D eigenvalue weighted by atomic mass is 19.1. The van der Waals surface area contributed by atoms with Crippen molar-refractivity contribution in [1.29, 1.82) is 0 Å². The fourth-order valence-electron chi connectivity index (χ4n) is 3.39. The van der Waals surface area contributed by atoms with Crippen LogP contribution in [0.2, 0.25) is 0 Å². The number of rotatable bonds is 4. The quantitative estimate of drug-likeness (QED) is 0.374. The average molecular weight is 503 g/mol. The van der Waals surface area contributed by atoms with Crippen molar-refractivity contribution in [2.75, 3.05) is 5.32 Å². The van der Waals surface area contributed by atoms with Gasteiger partial charge in [-0.05, 0) is 24.3 Å². The molecule has 0 bridgehead atoms. The molecule has 1 aromatic carbocycles. The first-order chi connectivity index (χ1) is 17.9. The van der Waals surface area contributed by atoms with E-state index in [1.54, 1.807) is 30.7 Å². The van der Waals surface area contributed by atoms with Crippen LogP contribution < -0.4 is 5.32 Å². The molecular weight excluding hydrogens is 488 g/mol. The number of carboxylic acids is 1.